The van der Waals surface area contributed by atoms with Gasteiger partial charge >= 0.3 is 0 Å². The first-order chi connectivity index (χ1) is 19.8. The maximum absolute atomic E-state index is 7.42. The average molecular weight is 510 g/mol. The van der Waals surface area contributed by atoms with Crippen molar-refractivity contribution in [3.05, 3.63) is 173 Å². The molecule has 1 heterocycles. The van der Waals surface area contributed by atoms with Crippen LogP contribution < -0.4 is 4.74 Å². The number of hydrogen-bond donors (Lipinski definition) is 0. The molecule has 0 saturated carbocycles. The maximum Gasteiger partial charge on any atom is 0.187 e. The highest BCUT2D eigenvalue weighted by atomic mass is 16.5. The predicted octanol–water partition coefficient (Wildman–Crippen LogP) is 10.0. The third-order valence-electron chi connectivity index (χ3n) is 8.35. The lowest BCUT2D eigenvalue weighted by molar-refractivity contribution is 0.436. The standard InChI is InChI=1S/C38H23NO/c1-39-29-13-9-12-27(23-29)25-10-8-11-26(22-25)28-20-21-37-35(24-28)38(34-18-6-7-19-36(34)40-37)32-16-4-2-14-30(32)31-15-3-5-17-33(31)38/h2-24H. The summed E-state index contributed by atoms with van der Waals surface area (Å²) in [5, 5.41) is 0. The smallest absolute Gasteiger partial charge is 0.187 e. The zero-order chi connectivity index (χ0) is 26.7. The van der Waals surface area contributed by atoms with Gasteiger partial charge in [0, 0.05) is 11.1 Å². The van der Waals surface area contributed by atoms with E-state index in [1.165, 1.54) is 27.8 Å². The molecule has 0 unspecified atom stereocenters. The summed E-state index contributed by atoms with van der Waals surface area (Å²) < 4.78 is 6.58. The normalized spacial score (nSPS) is 13.4. The van der Waals surface area contributed by atoms with Crippen LogP contribution in [0, 0.1) is 6.57 Å². The van der Waals surface area contributed by atoms with E-state index >= 15 is 0 Å². The van der Waals surface area contributed by atoms with E-state index in [1.807, 2.05) is 24.3 Å². The molecule has 0 amide bonds. The Balaban J connectivity index is 1.38. The number of nitrogens with zero attached hydrogens (tertiary/aromatic N) is 1. The Hall–Kier alpha value is -5.39. The molecule has 1 aliphatic heterocycles. The number of ether oxygens (including phenoxy) is 1. The Morgan fingerprint density at radius 3 is 1.70 bits per heavy atom. The Morgan fingerprint density at radius 1 is 0.450 bits per heavy atom. The Morgan fingerprint density at radius 2 is 1.00 bits per heavy atom. The highest BCUT2D eigenvalue weighted by molar-refractivity contribution is 5.89. The Bertz CT molecular complexity index is 1970. The van der Waals surface area contributed by atoms with E-state index in [2.05, 4.69) is 120 Å². The fourth-order valence-corrected chi connectivity index (χ4v) is 6.67. The van der Waals surface area contributed by atoms with Crippen LogP contribution in [0.5, 0.6) is 11.5 Å². The van der Waals surface area contributed by atoms with Crippen LogP contribution >= 0.6 is 0 Å². The fraction of sp³-hybridized carbons (Fsp3) is 0.0263. The van der Waals surface area contributed by atoms with Gasteiger partial charge in [-0.25, -0.2) is 4.85 Å². The quantitative estimate of drug-likeness (QED) is 0.211. The molecule has 6 aromatic rings. The molecule has 0 radical (unpaired) electrons. The zero-order valence-corrected chi connectivity index (χ0v) is 21.6. The van der Waals surface area contributed by atoms with Crippen molar-refractivity contribution in [2.75, 3.05) is 0 Å². The van der Waals surface area contributed by atoms with E-state index in [-0.39, 0.29) is 0 Å². The molecule has 1 aliphatic carbocycles. The molecule has 186 valence electrons. The fourth-order valence-electron chi connectivity index (χ4n) is 6.67. The molecule has 0 N–H and O–H groups in total. The Kier molecular flexibility index (Phi) is 4.83. The SMILES string of the molecule is [C-]#[N+]c1cccc(-c2cccc(-c3ccc4c(c3)C3(c5ccccc5O4)c4ccccc4-c4ccccc43)c2)c1. The first-order valence-corrected chi connectivity index (χ1v) is 13.5. The average Bonchev–Trinajstić information content (AvgIpc) is 3.32. The van der Waals surface area contributed by atoms with E-state index in [0.29, 0.717) is 5.69 Å². The van der Waals surface area contributed by atoms with Gasteiger partial charge in [-0.3, -0.25) is 0 Å². The molecule has 0 aromatic heterocycles. The van der Waals surface area contributed by atoms with Crippen LogP contribution in [0.1, 0.15) is 22.3 Å². The van der Waals surface area contributed by atoms with Gasteiger partial charge in [0.05, 0.1) is 12.0 Å². The van der Waals surface area contributed by atoms with Gasteiger partial charge in [0.1, 0.15) is 11.5 Å². The molecule has 0 atom stereocenters. The third kappa shape index (κ3) is 3.09. The molecular weight excluding hydrogens is 486 g/mol. The number of rotatable bonds is 2. The summed E-state index contributed by atoms with van der Waals surface area (Å²) >= 11 is 0. The van der Waals surface area contributed by atoms with Gasteiger partial charge in [-0.05, 0) is 74.8 Å². The van der Waals surface area contributed by atoms with Crippen molar-refractivity contribution < 1.29 is 4.74 Å². The van der Waals surface area contributed by atoms with Crippen LogP contribution in [0.15, 0.2) is 140 Å². The topological polar surface area (TPSA) is 13.6 Å². The number of hydrogen-bond acceptors (Lipinski definition) is 1. The van der Waals surface area contributed by atoms with Crippen molar-refractivity contribution in [3.63, 3.8) is 0 Å². The second kappa shape index (κ2) is 8.56. The second-order valence-corrected chi connectivity index (χ2v) is 10.4. The second-order valence-electron chi connectivity index (χ2n) is 10.4. The summed E-state index contributed by atoms with van der Waals surface area (Å²) in [6, 6.07) is 49.0. The van der Waals surface area contributed by atoms with Gasteiger partial charge in [-0.15, -0.1) is 0 Å². The van der Waals surface area contributed by atoms with Crippen molar-refractivity contribution in [2.24, 2.45) is 0 Å². The van der Waals surface area contributed by atoms with Gasteiger partial charge in [0.2, 0.25) is 0 Å². The van der Waals surface area contributed by atoms with Gasteiger partial charge in [-0.1, -0.05) is 109 Å². The van der Waals surface area contributed by atoms with Gasteiger partial charge in [0.15, 0.2) is 5.69 Å². The van der Waals surface area contributed by atoms with Crippen LogP contribution in [-0.2, 0) is 5.41 Å². The molecule has 40 heavy (non-hydrogen) atoms. The van der Waals surface area contributed by atoms with Crippen LogP contribution in [0.3, 0.4) is 0 Å². The summed E-state index contributed by atoms with van der Waals surface area (Å²) in [7, 11) is 0. The van der Waals surface area contributed by atoms with E-state index in [9.17, 15) is 0 Å². The largest absolute Gasteiger partial charge is 0.457 e. The van der Waals surface area contributed by atoms with E-state index in [1.54, 1.807) is 0 Å². The predicted molar refractivity (Wildman–Crippen MR) is 161 cm³/mol. The van der Waals surface area contributed by atoms with Gasteiger partial charge < -0.3 is 4.74 Å². The molecular formula is C38H23NO. The van der Waals surface area contributed by atoms with Crippen LogP contribution in [-0.4, -0.2) is 0 Å². The molecule has 2 aliphatic rings. The van der Waals surface area contributed by atoms with Crippen LogP contribution in [0.25, 0.3) is 38.2 Å². The Labute approximate surface area is 233 Å². The van der Waals surface area contributed by atoms with Crippen molar-refractivity contribution in [1.29, 1.82) is 0 Å². The molecule has 8 rings (SSSR count). The number of fused-ring (bicyclic) bond motifs is 9. The molecule has 0 fully saturated rings. The highest BCUT2D eigenvalue weighted by Gasteiger charge is 2.50. The van der Waals surface area contributed by atoms with Crippen molar-refractivity contribution in [1.82, 2.24) is 0 Å². The van der Waals surface area contributed by atoms with E-state index in [0.717, 1.165) is 39.3 Å². The van der Waals surface area contributed by atoms with Crippen LogP contribution in [0.2, 0.25) is 0 Å². The maximum atomic E-state index is 7.42. The zero-order valence-electron chi connectivity index (χ0n) is 21.6. The summed E-state index contributed by atoms with van der Waals surface area (Å²) in [6.45, 7) is 7.42. The van der Waals surface area contributed by atoms with E-state index < -0.39 is 5.41 Å². The molecule has 2 nitrogen and oxygen atoms in total. The summed E-state index contributed by atoms with van der Waals surface area (Å²) in [5.41, 5.74) is 12.0. The van der Waals surface area contributed by atoms with Gasteiger partial charge in [0.25, 0.3) is 0 Å². The first-order valence-electron chi connectivity index (χ1n) is 13.5. The lowest BCUT2D eigenvalue weighted by Gasteiger charge is -2.39. The summed E-state index contributed by atoms with van der Waals surface area (Å²) in [5.74, 6) is 1.78. The minimum absolute atomic E-state index is 0.477. The molecule has 0 saturated heterocycles. The molecule has 2 heteroatoms. The van der Waals surface area contributed by atoms with Crippen LogP contribution in [0.4, 0.5) is 5.69 Å². The van der Waals surface area contributed by atoms with Crippen molar-refractivity contribution in [3.8, 4) is 44.9 Å². The third-order valence-corrected chi connectivity index (χ3v) is 8.35. The monoisotopic (exact) mass is 509 g/mol. The van der Waals surface area contributed by atoms with Crippen molar-refractivity contribution >= 4 is 5.69 Å². The summed E-state index contributed by atoms with van der Waals surface area (Å²) in [4.78, 5) is 3.62. The minimum Gasteiger partial charge on any atom is -0.457 e. The first kappa shape index (κ1) is 22.6. The van der Waals surface area contributed by atoms with Gasteiger partial charge in [-0.2, -0.15) is 0 Å². The molecule has 1 spiro atoms. The number of benzene rings is 6. The van der Waals surface area contributed by atoms with Crippen molar-refractivity contribution in [2.45, 2.75) is 5.41 Å². The number of para-hydroxylation sites is 1. The summed E-state index contributed by atoms with van der Waals surface area (Å²) in [6.07, 6.45) is 0. The molecule has 0 bridgehead atoms. The lowest BCUT2D eigenvalue weighted by atomic mass is 9.66. The van der Waals surface area contributed by atoms with E-state index in [4.69, 9.17) is 11.3 Å². The highest BCUT2D eigenvalue weighted by Crippen LogP contribution is 2.62. The lowest BCUT2D eigenvalue weighted by Crippen LogP contribution is -2.32. The minimum atomic E-state index is -0.477. The molecule has 6 aromatic carbocycles.